The molecule has 0 radical (unpaired) electrons. The van der Waals surface area contributed by atoms with Gasteiger partial charge < -0.3 is 5.73 Å². The van der Waals surface area contributed by atoms with E-state index in [1.165, 1.54) is 0 Å². The second-order valence-corrected chi connectivity index (χ2v) is 5.93. The van der Waals surface area contributed by atoms with Crippen LogP contribution in [0.3, 0.4) is 0 Å². The Morgan fingerprint density at radius 3 is 2.62 bits per heavy atom. The van der Waals surface area contributed by atoms with Crippen molar-refractivity contribution in [2.24, 2.45) is 11.7 Å². The first-order chi connectivity index (χ1) is 7.59. The first kappa shape index (κ1) is 13.9. The standard InChI is InChI=1S/C10H23N3O2S/c1-2-7-12-16(14,15)13-10-6-4-3-5-9(10)8-11/h9-10,12-13H,2-8,11H2,1H3. The first-order valence-corrected chi connectivity index (χ1v) is 7.54. The molecule has 0 aromatic heterocycles. The smallest absolute Gasteiger partial charge is 0.277 e. The highest BCUT2D eigenvalue weighted by atomic mass is 32.2. The van der Waals surface area contributed by atoms with Crippen molar-refractivity contribution in [3.63, 3.8) is 0 Å². The van der Waals surface area contributed by atoms with Gasteiger partial charge in [0, 0.05) is 12.6 Å². The van der Waals surface area contributed by atoms with Gasteiger partial charge in [0.1, 0.15) is 0 Å². The average molecular weight is 249 g/mol. The second kappa shape index (κ2) is 6.54. The molecular weight excluding hydrogens is 226 g/mol. The minimum absolute atomic E-state index is 0.00751. The first-order valence-electron chi connectivity index (χ1n) is 6.06. The van der Waals surface area contributed by atoms with Crippen LogP contribution >= 0.6 is 0 Å². The van der Waals surface area contributed by atoms with Crippen molar-refractivity contribution in [3.8, 4) is 0 Å². The van der Waals surface area contributed by atoms with Crippen molar-refractivity contribution in [2.45, 2.75) is 45.1 Å². The van der Waals surface area contributed by atoms with Crippen molar-refractivity contribution in [2.75, 3.05) is 13.1 Å². The third-order valence-corrected chi connectivity index (χ3v) is 4.26. The summed E-state index contributed by atoms with van der Waals surface area (Å²) in [5.41, 5.74) is 5.66. The molecule has 0 bridgehead atoms. The van der Waals surface area contributed by atoms with Crippen molar-refractivity contribution in [3.05, 3.63) is 0 Å². The van der Waals surface area contributed by atoms with Gasteiger partial charge in [-0.2, -0.15) is 13.1 Å². The van der Waals surface area contributed by atoms with Crippen molar-refractivity contribution < 1.29 is 8.42 Å². The minimum Gasteiger partial charge on any atom is -0.330 e. The van der Waals surface area contributed by atoms with Crippen LogP contribution in [0.1, 0.15) is 39.0 Å². The molecule has 0 aliphatic heterocycles. The van der Waals surface area contributed by atoms with Crippen molar-refractivity contribution in [1.29, 1.82) is 0 Å². The van der Waals surface area contributed by atoms with Crippen LogP contribution in [0.15, 0.2) is 0 Å². The van der Waals surface area contributed by atoms with Crippen LogP contribution in [0.2, 0.25) is 0 Å². The van der Waals surface area contributed by atoms with E-state index >= 15 is 0 Å². The minimum atomic E-state index is -3.34. The Kier molecular flexibility index (Phi) is 5.68. The topological polar surface area (TPSA) is 84.2 Å². The van der Waals surface area contributed by atoms with Gasteiger partial charge in [-0.3, -0.25) is 0 Å². The van der Waals surface area contributed by atoms with E-state index in [1.54, 1.807) is 0 Å². The van der Waals surface area contributed by atoms with Crippen LogP contribution in [-0.2, 0) is 10.2 Å². The van der Waals surface area contributed by atoms with Crippen LogP contribution in [0, 0.1) is 5.92 Å². The molecule has 4 N–H and O–H groups in total. The maximum Gasteiger partial charge on any atom is 0.277 e. The molecule has 1 aliphatic carbocycles. The lowest BCUT2D eigenvalue weighted by molar-refractivity contribution is 0.295. The van der Waals surface area contributed by atoms with Gasteiger partial charge in [0.2, 0.25) is 0 Å². The van der Waals surface area contributed by atoms with Gasteiger partial charge in [-0.05, 0) is 31.7 Å². The molecular formula is C10H23N3O2S. The van der Waals surface area contributed by atoms with Gasteiger partial charge in [-0.15, -0.1) is 0 Å². The summed E-state index contributed by atoms with van der Waals surface area (Å²) in [7, 11) is -3.34. The van der Waals surface area contributed by atoms with Gasteiger partial charge in [0.05, 0.1) is 0 Å². The lowest BCUT2D eigenvalue weighted by atomic mass is 9.85. The Labute approximate surface area is 98.4 Å². The third-order valence-electron chi connectivity index (χ3n) is 3.06. The molecule has 96 valence electrons. The second-order valence-electron chi connectivity index (χ2n) is 4.40. The fraction of sp³-hybridized carbons (Fsp3) is 1.00. The number of hydrogen-bond acceptors (Lipinski definition) is 3. The molecule has 1 fully saturated rings. The molecule has 6 heteroatoms. The van der Waals surface area contributed by atoms with Crippen LogP contribution in [-0.4, -0.2) is 27.5 Å². The summed E-state index contributed by atoms with van der Waals surface area (Å²) in [6, 6.07) is 0.00751. The molecule has 2 unspecified atom stereocenters. The maximum atomic E-state index is 11.7. The molecule has 16 heavy (non-hydrogen) atoms. The predicted octanol–water partition coefficient (Wildman–Crippen LogP) is 0.338. The van der Waals surface area contributed by atoms with E-state index in [4.69, 9.17) is 5.73 Å². The molecule has 0 aromatic carbocycles. The summed E-state index contributed by atoms with van der Waals surface area (Å²) in [4.78, 5) is 0. The highest BCUT2D eigenvalue weighted by molar-refractivity contribution is 7.87. The van der Waals surface area contributed by atoms with E-state index < -0.39 is 10.2 Å². The molecule has 0 aromatic rings. The van der Waals surface area contributed by atoms with E-state index in [0.717, 1.165) is 32.1 Å². The van der Waals surface area contributed by atoms with E-state index in [9.17, 15) is 8.42 Å². The maximum absolute atomic E-state index is 11.7. The predicted molar refractivity (Wildman–Crippen MR) is 65.1 cm³/mol. The lowest BCUT2D eigenvalue weighted by Crippen LogP contribution is -2.48. The quantitative estimate of drug-likeness (QED) is 0.634. The summed E-state index contributed by atoms with van der Waals surface area (Å²) >= 11 is 0. The average Bonchev–Trinajstić information content (AvgIpc) is 2.27. The largest absolute Gasteiger partial charge is 0.330 e. The Morgan fingerprint density at radius 2 is 2.00 bits per heavy atom. The summed E-state index contributed by atoms with van der Waals surface area (Å²) < 4.78 is 28.5. The molecule has 5 nitrogen and oxygen atoms in total. The Morgan fingerprint density at radius 1 is 1.31 bits per heavy atom. The molecule has 1 rings (SSSR count). The zero-order valence-corrected chi connectivity index (χ0v) is 10.7. The number of nitrogens with one attached hydrogen (secondary N) is 2. The van der Waals surface area contributed by atoms with Crippen molar-refractivity contribution >= 4 is 10.2 Å². The molecule has 0 heterocycles. The lowest BCUT2D eigenvalue weighted by Gasteiger charge is -2.30. The van der Waals surface area contributed by atoms with E-state index in [-0.39, 0.29) is 12.0 Å². The summed E-state index contributed by atoms with van der Waals surface area (Å²) in [6.45, 7) is 2.97. The summed E-state index contributed by atoms with van der Waals surface area (Å²) in [5.74, 6) is 0.284. The molecule has 1 aliphatic rings. The number of rotatable bonds is 6. The molecule has 0 amide bonds. The fourth-order valence-electron chi connectivity index (χ4n) is 2.12. The van der Waals surface area contributed by atoms with E-state index in [1.807, 2.05) is 6.92 Å². The molecule has 2 atom stereocenters. The fourth-order valence-corrected chi connectivity index (χ4v) is 3.39. The van der Waals surface area contributed by atoms with Crippen LogP contribution < -0.4 is 15.2 Å². The Bertz CT molecular complexity index is 292. The normalized spacial score (nSPS) is 26.9. The number of nitrogens with two attached hydrogens (primary N) is 1. The van der Waals surface area contributed by atoms with Gasteiger partial charge in [0.15, 0.2) is 0 Å². The van der Waals surface area contributed by atoms with Crippen LogP contribution in [0.4, 0.5) is 0 Å². The van der Waals surface area contributed by atoms with E-state index in [2.05, 4.69) is 9.44 Å². The zero-order valence-electron chi connectivity index (χ0n) is 9.91. The Balaban J connectivity index is 2.50. The third kappa shape index (κ3) is 4.37. The van der Waals surface area contributed by atoms with Crippen LogP contribution in [0.5, 0.6) is 0 Å². The zero-order chi connectivity index (χ0) is 12.0. The Hall–Kier alpha value is -0.170. The van der Waals surface area contributed by atoms with Gasteiger partial charge in [-0.1, -0.05) is 19.8 Å². The van der Waals surface area contributed by atoms with E-state index in [0.29, 0.717) is 13.1 Å². The number of hydrogen-bond donors (Lipinski definition) is 3. The molecule has 0 saturated heterocycles. The van der Waals surface area contributed by atoms with Gasteiger partial charge in [-0.25, -0.2) is 4.72 Å². The highest BCUT2D eigenvalue weighted by Gasteiger charge is 2.27. The van der Waals surface area contributed by atoms with Crippen molar-refractivity contribution in [1.82, 2.24) is 9.44 Å². The molecule has 0 spiro atoms. The SMILES string of the molecule is CCCNS(=O)(=O)NC1CCCCC1CN. The van der Waals surface area contributed by atoms with Gasteiger partial charge in [0.25, 0.3) is 10.2 Å². The highest BCUT2D eigenvalue weighted by Crippen LogP contribution is 2.23. The monoisotopic (exact) mass is 249 g/mol. The van der Waals surface area contributed by atoms with Gasteiger partial charge >= 0.3 is 0 Å². The van der Waals surface area contributed by atoms with Crippen LogP contribution in [0.25, 0.3) is 0 Å². The summed E-state index contributed by atoms with van der Waals surface area (Å²) in [6.07, 6.45) is 4.96. The summed E-state index contributed by atoms with van der Waals surface area (Å²) in [5, 5.41) is 0. The molecule has 1 saturated carbocycles.